The molecule has 0 radical (unpaired) electrons. The van der Waals surface area contributed by atoms with Crippen LogP contribution in [0.2, 0.25) is 0 Å². The third-order valence-corrected chi connectivity index (χ3v) is 2.56. The maximum atomic E-state index is 5.10. The summed E-state index contributed by atoms with van der Waals surface area (Å²) in [5.74, 6) is 0.905. The molecular formula is C12H15BrO. The first-order valence-electron chi connectivity index (χ1n) is 4.65. The van der Waals surface area contributed by atoms with Gasteiger partial charge in [0, 0.05) is 5.33 Å². The second kappa shape index (κ2) is 5.86. The zero-order chi connectivity index (χ0) is 10.4. The number of benzene rings is 1. The average molecular weight is 255 g/mol. The van der Waals surface area contributed by atoms with Crippen LogP contribution in [0.25, 0.3) is 5.57 Å². The van der Waals surface area contributed by atoms with E-state index in [0.717, 1.165) is 17.5 Å². The van der Waals surface area contributed by atoms with Gasteiger partial charge in [-0.2, -0.15) is 0 Å². The van der Waals surface area contributed by atoms with Crippen LogP contribution in [0.5, 0.6) is 5.75 Å². The second-order valence-corrected chi connectivity index (χ2v) is 3.89. The first-order valence-corrected chi connectivity index (χ1v) is 5.77. The van der Waals surface area contributed by atoms with E-state index in [1.807, 2.05) is 12.1 Å². The van der Waals surface area contributed by atoms with E-state index < -0.39 is 0 Å². The van der Waals surface area contributed by atoms with E-state index in [-0.39, 0.29) is 0 Å². The number of methoxy groups -OCH3 is 1. The Kier molecular flexibility index (Phi) is 4.74. The van der Waals surface area contributed by atoms with Gasteiger partial charge in [-0.15, -0.1) is 0 Å². The molecule has 1 nitrogen and oxygen atoms in total. The molecule has 0 fully saturated rings. The summed E-state index contributed by atoms with van der Waals surface area (Å²) in [5.41, 5.74) is 2.57. The molecule has 0 saturated heterocycles. The molecular weight excluding hydrogens is 240 g/mol. The van der Waals surface area contributed by atoms with Crippen molar-refractivity contribution in [3.63, 3.8) is 0 Å². The van der Waals surface area contributed by atoms with Gasteiger partial charge in [0.05, 0.1) is 7.11 Å². The highest BCUT2D eigenvalue weighted by atomic mass is 79.9. The summed E-state index contributed by atoms with van der Waals surface area (Å²) < 4.78 is 5.10. The average Bonchev–Trinajstić information content (AvgIpc) is 2.26. The molecule has 1 rings (SSSR count). The fourth-order valence-electron chi connectivity index (χ4n) is 1.24. The Morgan fingerprint density at radius 1 is 1.36 bits per heavy atom. The third kappa shape index (κ3) is 3.18. The highest BCUT2D eigenvalue weighted by Crippen LogP contribution is 2.18. The van der Waals surface area contributed by atoms with Crippen molar-refractivity contribution in [1.29, 1.82) is 0 Å². The zero-order valence-electron chi connectivity index (χ0n) is 8.59. The molecule has 0 N–H and O–H groups in total. The van der Waals surface area contributed by atoms with Crippen LogP contribution in [0.15, 0.2) is 30.3 Å². The molecule has 0 aliphatic carbocycles. The number of alkyl halides is 1. The maximum absolute atomic E-state index is 5.10. The van der Waals surface area contributed by atoms with Crippen LogP contribution in [-0.2, 0) is 0 Å². The lowest BCUT2D eigenvalue weighted by atomic mass is 10.1. The summed E-state index contributed by atoms with van der Waals surface area (Å²) in [6.45, 7) is 2.13. The molecule has 76 valence electrons. The number of hydrogen-bond acceptors (Lipinski definition) is 1. The van der Waals surface area contributed by atoms with E-state index >= 15 is 0 Å². The normalized spacial score (nSPS) is 11.5. The number of ether oxygens (including phenoxy) is 1. The predicted octanol–water partition coefficient (Wildman–Crippen LogP) is 3.88. The number of halogens is 1. The van der Waals surface area contributed by atoms with Crippen molar-refractivity contribution in [1.82, 2.24) is 0 Å². The summed E-state index contributed by atoms with van der Waals surface area (Å²) in [5, 5.41) is 1.01. The van der Waals surface area contributed by atoms with Gasteiger partial charge in [-0.25, -0.2) is 0 Å². The van der Waals surface area contributed by atoms with Crippen molar-refractivity contribution in [3.8, 4) is 5.75 Å². The topological polar surface area (TPSA) is 9.23 Å². The lowest BCUT2D eigenvalue weighted by molar-refractivity contribution is 0.415. The van der Waals surface area contributed by atoms with Crippen LogP contribution < -0.4 is 4.74 Å². The second-order valence-electron chi connectivity index (χ2n) is 3.09. The van der Waals surface area contributed by atoms with E-state index in [0.29, 0.717) is 0 Å². The standard InChI is InChI=1S/C12H15BrO/c1-10(4-3-9-13)11-5-7-12(14-2)8-6-11/h4-8H,3,9H2,1-2H3/b10-4+. The minimum Gasteiger partial charge on any atom is -0.497 e. The lowest BCUT2D eigenvalue weighted by Crippen LogP contribution is -1.84. The summed E-state index contributed by atoms with van der Waals surface area (Å²) in [7, 11) is 1.68. The lowest BCUT2D eigenvalue weighted by Gasteiger charge is -2.03. The highest BCUT2D eigenvalue weighted by molar-refractivity contribution is 9.09. The summed E-state index contributed by atoms with van der Waals surface area (Å²) >= 11 is 3.41. The van der Waals surface area contributed by atoms with Crippen LogP contribution in [0.4, 0.5) is 0 Å². The quantitative estimate of drug-likeness (QED) is 0.742. The predicted molar refractivity (Wildman–Crippen MR) is 65.1 cm³/mol. The van der Waals surface area contributed by atoms with Gasteiger partial charge in [0.2, 0.25) is 0 Å². The molecule has 0 heterocycles. The van der Waals surface area contributed by atoms with Gasteiger partial charge in [-0.3, -0.25) is 0 Å². The smallest absolute Gasteiger partial charge is 0.118 e. The number of allylic oxidation sites excluding steroid dienone is 2. The van der Waals surface area contributed by atoms with Crippen LogP contribution >= 0.6 is 15.9 Å². The molecule has 0 aliphatic heterocycles. The Morgan fingerprint density at radius 3 is 2.50 bits per heavy atom. The molecule has 2 heteroatoms. The van der Waals surface area contributed by atoms with Crippen molar-refractivity contribution in [2.45, 2.75) is 13.3 Å². The fourth-order valence-corrected chi connectivity index (χ4v) is 1.47. The van der Waals surface area contributed by atoms with Crippen LogP contribution in [0.1, 0.15) is 18.9 Å². The van der Waals surface area contributed by atoms with E-state index in [2.05, 4.69) is 41.1 Å². The molecule has 0 amide bonds. The summed E-state index contributed by atoms with van der Waals surface area (Å²) in [6.07, 6.45) is 3.30. The molecule has 0 unspecified atom stereocenters. The monoisotopic (exact) mass is 254 g/mol. The first-order chi connectivity index (χ1) is 6.77. The van der Waals surface area contributed by atoms with Crippen molar-refractivity contribution < 1.29 is 4.74 Å². The van der Waals surface area contributed by atoms with Crippen molar-refractivity contribution in [2.75, 3.05) is 12.4 Å². The Labute approximate surface area is 93.9 Å². The minimum atomic E-state index is 0.905. The van der Waals surface area contributed by atoms with E-state index in [1.54, 1.807) is 7.11 Å². The Morgan fingerprint density at radius 2 is 2.00 bits per heavy atom. The van der Waals surface area contributed by atoms with Gasteiger partial charge in [-0.1, -0.05) is 34.1 Å². The van der Waals surface area contributed by atoms with Crippen molar-refractivity contribution in [3.05, 3.63) is 35.9 Å². The van der Waals surface area contributed by atoms with E-state index in [9.17, 15) is 0 Å². The molecule has 0 aromatic heterocycles. The van der Waals surface area contributed by atoms with Crippen molar-refractivity contribution in [2.24, 2.45) is 0 Å². The molecule has 0 spiro atoms. The van der Waals surface area contributed by atoms with Crippen LogP contribution in [-0.4, -0.2) is 12.4 Å². The van der Waals surface area contributed by atoms with Gasteiger partial charge < -0.3 is 4.74 Å². The molecule has 0 atom stereocenters. The van der Waals surface area contributed by atoms with Crippen molar-refractivity contribution >= 4 is 21.5 Å². The highest BCUT2D eigenvalue weighted by Gasteiger charge is 1.95. The third-order valence-electron chi connectivity index (χ3n) is 2.10. The van der Waals surface area contributed by atoms with E-state index in [4.69, 9.17) is 4.74 Å². The SMILES string of the molecule is COc1ccc(/C(C)=C/CCBr)cc1. The summed E-state index contributed by atoms with van der Waals surface area (Å²) in [4.78, 5) is 0. The Bertz CT molecular complexity index is 301. The first kappa shape index (κ1) is 11.3. The largest absolute Gasteiger partial charge is 0.497 e. The molecule has 1 aromatic carbocycles. The molecule has 14 heavy (non-hydrogen) atoms. The van der Waals surface area contributed by atoms with Crippen LogP contribution in [0, 0.1) is 0 Å². The fraction of sp³-hybridized carbons (Fsp3) is 0.333. The maximum Gasteiger partial charge on any atom is 0.118 e. The van der Waals surface area contributed by atoms with Gasteiger partial charge in [0.25, 0.3) is 0 Å². The van der Waals surface area contributed by atoms with Gasteiger partial charge >= 0.3 is 0 Å². The zero-order valence-corrected chi connectivity index (χ0v) is 10.2. The van der Waals surface area contributed by atoms with Gasteiger partial charge in [0.15, 0.2) is 0 Å². The Balaban J connectivity index is 2.76. The number of rotatable bonds is 4. The summed E-state index contributed by atoms with van der Waals surface area (Å²) in [6, 6.07) is 8.14. The van der Waals surface area contributed by atoms with E-state index in [1.165, 1.54) is 11.1 Å². The van der Waals surface area contributed by atoms with Gasteiger partial charge in [-0.05, 0) is 36.6 Å². The number of hydrogen-bond donors (Lipinski definition) is 0. The minimum absolute atomic E-state index is 0.905. The molecule has 0 bridgehead atoms. The molecule has 0 aliphatic rings. The Hall–Kier alpha value is -0.760. The van der Waals surface area contributed by atoms with Gasteiger partial charge in [0.1, 0.15) is 5.75 Å². The molecule has 1 aromatic rings. The van der Waals surface area contributed by atoms with Crippen LogP contribution in [0.3, 0.4) is 0 Å². The molecule has 0 saturated carbocycles.